The Morgan fingerprint density at radius 3 is 2.40 bits per heavy atom. The fraction of sp³-hybridized carbons (Fsp3) is 0.467. The number of ether oxygens (including phenoxy) is 2. The van der Waals surface area contributed by atoms with Gasteiger partial charge in [-0.05, 0) is 12.1 Å². The van der Waals surface area contributed by atoms with Gasteiger partial charge in [-0.1, -0.05) is 0 Å². The number of methoxy groups -OCH3 is 2. The zero-order valence-electron chi connectivity index (χ0n) is 12.2. The quantitative estimate of drug-likeness (QED) is 0.843. The normalized spacial score (nSPS) is 16.8. The van der Waals surface area contributed by atoms with Gasteiger partial charge in [0, 0.05) is 38.4 Å². The van der Waals surface area contributed by atoms with Crippen LogP contribution in [0.3, 0.4) is 0 Å². The number of rotatable bonds is 4. The first-order chi connectivity index (χ1) is 9.49. The van der Waals surface area contributed by atoms with Gasteiger partial charge in [-0.3, -0.25) is 9.59 Å². The van der Waals surface area contributed by atoms with Gasteiger partial charge >= 0.3 is 0 Å². The molecule has 0 saturated carbocycles. The van der Waals surface area contributed by atoms with Gasteiger partial charge in [0.2, 0.25) is 5.91 Å². The van der Waals surface area contributed by atoms with E-state index in [2.05, 4.69) is 0 Å². The lowest BCUT2D eigenvalue weighted by molar-refractivity contribution is -0.129. The Bertz CT molecular complexity index is 551. The lowest BCUT2D eigenvalue weighted by Gasteiger charge is -2.17. The molecule has 0 aromatic heterocycles. The molecule has 0 radical (unpaired) electrons. The maximum Gasteiger partial charge on any atom is 0.222 e. The second kappa shape index (κ2) is 5.53. The van der Waals surface area contributed by atoms with Crippen LogP contribution in [0.25, 0.3) is 0 Å². The maximum atomic E-state index is 12.2. The molecule has 1 amide bonds. The van der Waals surface area contributed by atoms with Crippen molar-refractivity contribution in [3.8, 4) is 11.5 Å². The van der Waals surface area contributed by atoms with E-state index in [0.29, 0.717) is 29.9 Å². The summed E-state index contributed by atoms with van der Waals surface area (Å²) in [5.74, 6) is 1.05. The van der Waals surface area contributed by atoms with E-state index in [4.69, 9.17) is 9.47 Å². The molecule has 108 valence electrons. The number of nitrogens with zero attached hydrogens (tertiary/aromatic N) is 1. The molecule has 1 aromatic carbocycles. The molecule has 1 aromatic rings. The Balaban J connectivity index is 2.45. The van der Waals surface area contributed by atoms with E-state index >= 15 is 0 Å². The highest BCUT2D eigenvalue weighted by Gasteiger charge is 2.36. The highest BCUT2D eigenvalue weighted by molar-refractivity contribution is 6.05. The van der Waals surface area contributed by atoms with Gasteiger partial charge in [-0.2, -0.15) is 0 Å². The lowest BCUT2D eigenvalue weighted by Crippen LogP contribution is -2.23. The molecule has 0 saturated heterocycles. The minimum absolute atomic E-state index is 0.000484. The van der Waals surface area contributed by atoms with Crippen LogP contribution in [0.4, 0.5) is 0 Å². The third kappa shape index (κ3) is 2.35. The van der Waals surface area contributed by atoms with Gasteiger partial charge in [0.25, 0.3) is 0 Å². The van der Waals surface area contributed by atoms with Gasteiger partial charge < -0.3 is 14.4 Å². The van der Waals surface area contributed by atoms with Crippen molar-refractivity contribution in [1.29, 1.82) is 0 Å². The molecule has 0 spiro atoms. The predicted molar refractivity (Wildman–Crippen MR) is 74.5 cm³/mol. The van der Waals surface area contributed by atoms with Crippen LogP contribution < -0.4 is 9.47 Å². The van der Waals surface area contributed by atoms with Crippen LogP contribution in [0.1, 0.15) is 34.7 Å². The zero-order valence-corrected chi connectivity index (χ0v) is 12.2. The Labute approximate surface area is 118 Å². The van der Waals surface area contributed by atoms with Crippen molar-refractivity contribution >= 4 is 11.7 Å². The minimum Gasteiger partial charge on any atom is -0.496 e. The summed E-state index contributed by atoms with van der Waals surface area (Å²) in [7, 11) is 6.52. The largest absolute Gasteiger partial charge is 0.496 e. The molecule has 1 aliphatic rings. The summed E-state index contributed by atoms with van der Waals surface area (Å²) in [6.45, 7) is 0. The minimum atomic E-state index is -0.141. The van der Waals surface area contributed by atoms with Gasteiger partial charge in [-0.15, -0.1) is 0 Å². The number of Topliss-reactive ketones (excluding diaryl/α,β-unsaturated/α-hetero) is 1. The van der Waals surface area contributed by atoms with Gasteiger partial charge in [0.1, 0.15) is 11.5 Å². The van der Waals surface area contributed by atoms with E-state index in [1.807, 2.05) is 0 Å². The molecule has 0 N–H and O–H groups in total. The Kier molecular flexibility index (Phi) is 3.97. The fourth-order valence-electron chi connectivity index (χ4n) is 2.62. The molecule has 5 nitrogen and oxygen atoms in total. The summed E-state index contributed by atoms with van der Waals surface area (Å²) in [5, 5.41) is 0. The van der Waals surface area contributed by atoms with E-state index in [9.17, 15) is 9.59 Å². The second-order valence-electron chi connectivity index (χ2n) is 5.08. The Morgan fingerprint density at radius 2 is 1.85 bits per heavy atom. The number of fused-ring (bicyclic) bond motifs is 1. The first kappa shape index (κ1) is 14.4. The van der Waals surface area contributed by atoms with Crippen LogP contribution in [-0.4, -0.2) is 44.9 Å². The van der Waals surface area contributed by atoms with Crippen LogP contribution >= 0.6 is 0 Å². The molecular formula is C15H19NO4. The molecule has 0 bridgehead atoms. The van der Waals surface area contributed by atoms with E-state index < -0.39 is 0 Å². The third-order valence-electron chi connectivity index (χ3n) is 3.65. The summed E-state index contributed by atoms with van der Waals surface area (Å²) in [4.78, 5) is 25.7. The number of carbonyl (C=O) groups is 2. The highest BCUT2D eigenvalue weighted by Crippen LogP contribution is 2.45. The molecule has 5 heteroatoms. The van der Waals surface area contributed by atoms with E-state index in [-0.39, 0.29) is 17.6 Å². The van der Waals surface area contributed by atoms with Crippen LogP contribution in [0.2, 0.25) is 0 Å². The van der Waals surface area contributed by atoms with Crippen molar-refractivity contribution in [3.05, 3.63) is 23.3 Å². The van der Waals surface area contributed by atoms with E-state index in [1.54, 1.807) is 33.3 Å². The van der Waals surface area contributed by atoms with Crippen LogP contribution in [-0.2, 0) is 4.79 Å². The van der Waals surface area contributed by atoms with E-state index in [1.165, 1.54) is 12.0 Å². The van der Waals surface area contributed by atoms with Crippen molar-refractivity contribution in [2.24, 2.45) is 0 Å². The number of hydrogen-bond acceptors (Lipinski definition) is 4. The first-order valence-electron chi connectivity index (χ1n) is 6.47. The summed E-state index contributed by atoms with van der Waals surface area (Å²) in [5.41, 5.74) is 1.36. The third-order valence-corrected chi connectivity index (χ3v) is 3.65. The summed E-state index contributed by atoms with van der Waals surface area (Å²) >= 11 is 0. The first-order valence-corrected chi connectivity index (χ1v) is 6.47. The van der Waals surface area contributed by atoms with Crippen molar-refractivity contribution in [3.63, 3.8) is 0 Å². The maximum absolute atomic E-state index is 12.2. The lowest BCUT2D eigenvalue weighted by atomic mass is 9.96. The molecule has 1 aliphatic carbocycles. The van der Waals surface area contributed by atoms with Crippen LogP contribution in [0.5, 0.6) is 11.5 Å². The molecule has 1 atom stereocenters. The molecule has 1 unspecified atom stereocenters. The molecule has 0 fully saturated rings. The fourth-order valence-corrected chi connectivity index (χ4v) is 2.62. The summed E-state index contributed by atoms with van der Waals surface area (Å²) in [6, 6.07) is 3.51. The average Bonchev–Trinajstić information content (AvgIpc) is 2.75. The van der Waals surface area contributed by atoms with Crippen molar-refractivity contribution in [1.82, 2.24) is 4.90 Å². The standard InChI is InChI=1S/C15H19NO4/c1-16(2)13(18)8-9-7-10(17)15-12(20-4)6-5-11(19-3)14(9)15/h5-6,9H,7-8H2,1-4H3. The van der Waals surface area contributed by atoms with Crippen molar-refractivity contribution in [2.75, 3.05) is 28.3 Å². The van der Waals surface area contributed by atoms with Crippen LogP contribution in [0, 0.1) is 0 Å². The summed E-state index contributed by atoms with van der Waals surface area (Å²) in [6.07, 6.45) is 0.626. The molecule has 0 aliphatic heterocycles. The SMILES string of the molecule is COc1ccc(OC)c2c1C(=O)CC2CC(=O)N(C)C. The number of hydrogen-bond donors (Lipinski definition) is 0. The predicted octanol–water partition coefficient (Wildman–Crippen LogP) is 1.85. The molecular weight excluding hydrogens is 258 g/mol. The smallest absolute Gasteiger partial charge is 0.222 e. The molecule has 2 rings (SSSR count). The van der Waals surface area contributed by atoms with Gasteiger partial charge in [-0.25, -0.2) is 0 Å². The Hall–Kier alpha value is -2.04. The van der Waals surface area contributed by atoms with Gasteiger partial charge in [0.05, 0.1) is 19.8 Å². The number of ketones is 1. The molecule has 20 heavy (non-hydrogen) atoms. The zero-order chi connectivity index (χ0) is 14.9. The second-order valence-corrected chi connectivity index (χ2v) is 5.08. The van der Waals surface area contributed by atoms with Gasteiger partial charge in [0.15, 0.2) is 5.78 Å². The summed E-state index contributed by atoms with van der Waals surface area (Å²) < 4.78 is 10.6. The van der Waals surface area contributed by atoms with E-state index in [0.717, 1.165) is 5.56 Å². The average molecular weight is 277 g/mol. The molecule has 0 heterocycles. The topological polar surface area (TPSA) is 55.8 Å². The van der Waals surface area contributed by atoms with Crippen molar-refractivity contribution in [2.45, 2.75) is 18.8 Å². The number of carbonyl (C=O) groups excluding carboxylic acids is 2. The van der Waals surface area contributed by atoms with Crippen molar-refractivity contribution < 1.29 is 19.1 Å². The van der Waals surface area contributed by atoms with Crippen LogP contribution in [0.15, 0.2) is 12.1 Å². The Morgan fingerprint density at radius 1 is 1.25 bits per heavy atom. The number of benzene rings is 1. The highest BCUT2D eigenvalue weighted by atomic mass is 16.5. The monoisotopic (exact) mass is 277 g/mol. The number of amides is 1.